The number of carbonyl (C=O) groups is 2. The molecule has 0 unspecified atom stereocenters. The number of carboxylic acids is 1. The fourth-order valence-corrected chi connectivity index (χ4v) is 2.13. The van der Waals surface area contributed by atoms with Gasteiger partial charge >= 0.3 is 12.0 Å². The van der Waals surface area contributed by atoms with Gasteiger partial charge in [-0.15, -0.1) is 0 Å². The molecule has 1 saturated heterocycles. The summed E-state index contributed by atoms with van der Waals surface area (Å²) < 4.78 is 0. The number of thioether (sulfide) groups is 1. The zero-order chi connectivity index (χ0) is 12.0. The number of urea groups is 1. The molecule has 0 aromatic heterocycles. The summed E-state index contributed by atoms with van der Waals surface area (Å²) in [7, 11) is 0. The van der Waals surface area contributed by atoms with Crippen LogP contribution in [0.2, 0.25) is 0 Å². The number of rotatable bonds is 5. The summed E-state index contributed by atoms with van der Waals surface area (Å²) in [5.74, 6) is -0.223. The smallest absolute Gasteiger partial charge is 0.326 e. The Balaban J connectivity index is 2.40. The summed E-state index contributed by atoms with van der Waals surface area (Å²) in [6.45, 7) is 1.47. The van der Waals surface area contributed by atoms with Gasteiger partial charge in [-0.2, -0.15) is 11.8 Å². The van der Waals surface area contributed by atoms with Gasteiger partial charge in [0.05, 0.1) is 0 Å². The SMILES string of the molecule is CSCC[C@@H](NC(=O)N1CCCC1)C(=O)O. The summed E-state index contributed by atoms with van der Waals surface area (Å²) >= 11 is 1.58. The summed E-state index contributed by atoms with van der Waals surface area (Å²) in [5.41, 5.74) is 0. The molecular weight excluding hydrogens is 228 g/mol. The van der Waals surface area contributed by atoms with Crippen molar-refractivity contribution in [3.05, 3.63) is 0 Å². The lowest BCUT2D eigenvalue weighted by Gasteiger charge is -2.20. The van der Waals surface area contributed by atoms with Gasteiger partial charge in [-0.05, 0) is 31.3 Å². The Morgan fingerprint density at radius 2 is 2.06 bits per heavy atom. The average Bonchev–Trinajstić information content (AvgIpc) is 2.76. The van der Waals surface area contributed by atoms with Gasteiger partial charge in [0.25, 0.3) is 0 Å². The maximum absolute atomic E-state index is 11.7. The second-order valence-corrected chi connectivity index (χ2v) is 4.80. The molecule has 1 atom stereocenters. The fraction of sp³-hybridized carbons (Fsp3) is 0.800. The van der Waals surface area contributed by atoms with E-state index in [2.05, 4.69) is 5.32 Å². The number of carboxylic acid groups (broad SMARTS) is 1. The molecule has 0 aromatic rings. The highest BCUT2D eigenvalue weighted by molar-refractivity contribution is 7.98. The molecule has 0 bridgehead atoms. The van der Waals surface area contributed by atoms with Crippen LogP contribution in [0, 0.1) is 0 Å². The van der Waals surface area contributed by atoms with E-state index >= 15 is 0 Å². The third-order valence-corrected chi connectivity index (χ3v) is 3.24. The van der Waals surface area contributed by atoms with Crippen molar-refractivity contribution >= 4 is 23.8 Å². The van der Waals surface area contributed by atoms with Crippen LogP contribution < -0.4 is 5.32 Å². The van der Waals surface area contributed by atoms with E-state index in [1.54, 1.807) is 16.7 Å². The standard InChI is InChI=1S/C10H18N2O3S/c1-16-7-4-8(9(13)14)11-10(15)12-5-2-3-6-12/h8H,2-7H2,1H3,(H,11,15)(H,13,14)/t8-/m1/s1. The topological polar surface area (TPSA) is 69.6 Å². The van der Waals surface area contributed by atoms with Crippen LogP contribution in [0.25, 0.3) is 0 Å². The van der Waals surface area contributed by atoms with Crippen LogP contribution in [0.15, 0.2) is 0 Å². The molecule has 1 aliphatic heterocycles. The van der Waals surface area contributed by atoms with E-state index in [0.717, 1.165) is 31.7 Å². The number of nitrogens with one attached hydrogen (secondary N) is 1. The van der Waals surface area contributed by atoms with Crippen molar-refractivity contribution in [2.45, 2.75) is 25.3 Å². The number of nitrogens with zero attached hydrogens (tertiary/aromatic N) is 1. The van der Waals surface area contributed by atoms with E-state index in [0.29, 0.717) is 6.42 Å². The first-order valence-corrected chi connectivity index (χ1v) is 6.81. The highest BCUT2D eigenvalue weighted by Gasteiger charge is 2.24. The largest absolute Gasteiger partial charge is 0.480 e. The van der Waals surface area contributed by atoms with E-state index in [4.69, 9.17) is 5.11 Å². The van der Waals surface area contributed by atoms with Crippen molar-refractivity contribution in [1.29, 1.82) is 0 Å². The van der Waals surface area contributed by atoms with Crippen molar-refractivity contribution in [2.24, 2.45) is 0 Å². The monoisotopic (exact) mass is 246 g/mol. The Morgan fingerprint density at radius 1 is 1.44 bits per heavy atom. The average molecular weight is 246 g/mol. The molecule has 1 aliphatic rings. The van der Waals surface area contributed by atoms with Gasteiger partial charge in [-0.25, -0.2) is 9.59 Å². The van der Waals surface area contributed by atoms with Crippen LogP contribution >= 0.6 is 11.8 Å². The van der Waals surface area contributed by atoms with E-state index in [1.165, 1.54) is 0 Å². The quantitative estimate of drug-likeness (QED) is 0.759. The Bertz CT molecular complexity index is 254. The van der Waals surface area contributed by atoms with Crippen LogP contribution in [0.3, 0.4) is 0 Å². The fourth-order valence-electron chi connectivity index (χ4n) is 1.65. The van der Waals surface area contributed by atoms with Crippen LogP contribution in [0.4, 0.5) is 4.79 Å². The van der Waals surface area contributed by atoms with E-state index in [-0.39, 0.29) is 6.03 Å². The summed E-state index contributed by atoms with van der Waals surface area (Å²) in [6, 6.07) is -1.01. The number of hydrogen-bond donors (Lipinski definition) is 2. The number of likely N-dealkylation sites (tertiary alicyclic amines) is 1. The first kappa shape index (κ1) is 13.2. The maximum atomic E-state index is 11.7. The minimum absolute atomic E-state index is 0.244. The second kappa shape index (κ2) is 6.62. The lowest BCUT2D eigenvalue weighted by Crippen LogP contribution is -2.47. The predicted molar refractivity (Wildman–Crippen MR) is 63.8 cm³/mol. The molecule has 0 radical (unpaired) electrons. The molecule has 0 aromatic carbocycles. The molecule has 1 heterocycles. The summed E-state index contributed by atoms with van der Waals surface area (Å²) in [6.07, 6.45) is 4.41. The van der Waals surface area contributed by atoms with Crippen LogP contribution in [-0.2, 0) is 4.79 Å². The third-order valence-electron chi connectivity index (χ3n) is 2.60. The molecule has 5 nitrogen and oxygen atoms in total. The molecule has 0 saturated carbocycles. The predicted octanol–water partition coefficient (Wildman–Crippen LogP) is 0.998. The Morgan fingerprint density at radius 3 is 2.56 bits per heavy atom. The molecule has 1 fully saturated rings. The summed E-state index contributed by atoms with van der Waals surface area (Å²) in [4.78, 5) is 24.3. The van der Waals surface area contributed by atoms with Gasteiger partial charge < -0.3 is 15.3 Å². The zero-order valence-corrected chi connectivity index (χ0v) is 10.3. The van der Waals surface area contributed by atoms with Crippen molar-refractivity contribution in [3.8, 4) is 0 Å². The number of hydrogen-bond acceptors (Lipinski definition) is 3. The first-order chi connectivity index (χ1) is 7.65. The Hall–Kier alpha value is -0.910. The van der Waals surface area contributed by atoms with Crippen molar-refractivity contribution in [3.63, 3.8) is 0 Å². The Kier molecular flexibility index (Phi) is 5.45. The molecule has 0 spiro atoms. The molecular formula is C10H18N2O3S. The highest BCUT2D eigenvalue weighted by atomic mass is 32.2. The highest BCUT2D eigenvalue weighted by Crippen LogP contribution is 2.08. The van der Waals surface area contributed by atoms with Gasteiger partial charge in [0.15, 0.2) is 0 Å². The van der Waals surface area contributed by atoms with Gasteiger partial charge in [0, 0.05) is 13.1 Å². The van der Waals surface area contributed by atoms with Crippen LogP contribution in [0.1, 0.15) is 19.3 Å². The van der Waals surface area contributed by atoms with Gasteiger partial charge in [0.2, 0.25) is 0 Å². The minimum Gasteiger partial charge on any atom is -0.480 e. The molecule has 0 aliphatic carbocycles. The van der Waals surface area contributed by atoms with E-state index in [1.807, 2.05) is 6.26 Å². The minimum atomic E-state index is -0.957. The molecule has 92 valence electrons. The molecule has 1 rings (SSSR count). The number of carbonyl (C=O) groups excluding carboxylic acids is 1. The van der Waals surface area contributed by atoms with E-state index < -0.39 is 12.0 Å². The van der Waals surface area contributed by atoms with Crippen molar-refractivity contribution < 1.29 is 14.7 Å². The maximum Gasteiger partial charge on any atom is 0.326 e. The molecule has 16 heavy (non-hydrogen) atoms. The van der Waals surface area contributed by atoms with E-state index in [9.17, 15) is 9.59 Å². The second-order valence-electron chi connectivity index (χ2n) is 3.82. The first-order valence-electron chi connectivity index (χ1n) is 5.42. The third kappa shape index (κ3) is 3.92. The lowest BCUT2D eigenvalue weighted by atomic mass is 10.2. The molecule has 2 amide bonds. The van der Waals surface area contributed by atoms with Gasteiger partial charge in [0.1, 0.15) is 6.04 Å². The molecule has 2 N–H and O–H groups in total. The van der Waals surface area contributed by atoms with Gasteiger partial charge in [-0.3, -0.25) is 0 Å². The van der Waals surface area contributed by atoms with Crippen LogP contribution in [0.5, 0.6) is 0 Å². The summed E-state index contributed by atoms with van der Waals surface area (Å²) in [5, 5.41) is 11.5. The normalized spacial score (nSPS) is 17.2. The van der Waals surface area contributed by atoms with Crippen LogP contribution in [-0.4, -0.2) is 53.1 Å². The van der Waals surface area contributed by atoms with Crippen molar-refractivity contribution in [1.82, 2.24) is 10.2 Å². The number of amides is 2. The van der Waals surface area contributed by atoms with Gasteiger partial charge in [-0.1, -0.05) is 0 Å². The molecule has 6 heteroatoms. The zero-order valence-electron chi connectivity index (χ0n) is 9.44. The van der Waals surface area contributed by atoms with Crippen molar-refractivity contribution in [2.75, 3.05) is 25.1 Å². The lowest BCUT2D eigenvalue weighted by molar-refractivity contribution is -0.139. The Labute approximate surface area is 99.6 Å². The number of aliphatic carboxylic acids is 1.